The summed E-state index contributed by atoms with van der Waals surface area (Å²) < 4.78 is 22.8. The van der Waals surface area contributed by atoms with Crippen molar-refractivity contribution in [1.82, 2.24) is 5.32 Å². The van der Waals surface area contributed by atoms with Crippen LogP contribution in [0.15, 0.2) is 30.3 Å². The normalized spacial score (nSPS) is 13.0. The van der Waals surface area contributed by atoms with Crippen molar-refractivity contribution in [3.05, 3.63) is 40.9 Å². The second-order valence-corrected chi connectivity index (χ2v) is 7.72. The van der Waals surface area contributed by atoms with Gasteiger partial charge in [0.25, 0.3) is 0 Å². The predicted octanol–water partition coefficient (Wildman–Crippen LogP) is 1.75. The van der Waals surface area contributed by atoms with Crippen LogP contribution in [0.1, 0.15) is 18.9 Å². The summed E-state index contributed by atoms with van der Waals surface area (Å²) in [5.74, 6) is -2.24. The van der Waals surface area contributed by atoms with Gasteiger partial charge in [0, 0.05) is 16.9 Å². The molecule has 6 nitrogen and oxygen atoms in total. The van der Waals surface area contributed by atoms with Crippen LogP contribution in [-0.2, 0) is 19.4 Å². The highest BCUT2D eigenvalue weighted by molar-refractivity contribution is 7.91. The van der Waals surface area contributed by atoms with Gasteiger partial charge in [-0.15, -0.1) is 0 Å². The van der Waals surface area contributed by atoms with E-state index in [1.165, 1.54) is 19.1 Å². The van der Waals surface area contributed by atoms with Crippen molar-refractivity contribution in [2.24, 2.45) is 0 Å². The second-order valence-electron chi connectivity index (χ2n) is 4.81. The van der Waals surface area contributed by atoms with Gasteiger partial charge in [-0.1, -0.05) is 30.7 Å². The molecule has 0 radical (unpaired) electrons. The number of carboxylic acids is 1. The third-order valence-corrected chi connectivity index (χ3v) is 5.06. The summed E-state index contributed by atoms with van der Waals surface area (Å²) in [6.45, 7) is 1.48. The number of sulfone groups is 1. The van der Waals surface area contributed by atoms with Gasteiger partial charge in [-0.25, -0.2) is 13.2 Å². The van der Waals surface area contributed by atoms with Crippen LogP contribution in [0.5, 0.6) is 0 Å². The van der Waals surface area contributed by atoms with Gasteiger partial charge in [0.05, 0.1) is 5.75 Å². The number of benzene rings is 1. The first-order valence-electron chi connectivity index (χ1n) is 6.91. The molecule has 1 unspecified atom stereocenters. The lowest BCUT2D eigenvalue weighted by atomic mass is 10.2. The monoisotopic (exact) mass is 359 g/mol. The Morgan fingerprint density at radius 2 is 1.91 bits per heavy atom. The summed E-state index contributed by atoms with van der Waals surface area (Å²) in [7, 11) is -3.29. The maximum atomic E-state index is 11.8. The average Bonchev–Trinajstić information content (AvgIpc) is 2.50. The highest BCUT2D eigenvalue weighted by atomic mass is 35.5. The van der Waals surface area contributed by atoms with Gasteiger partial charge in [0.1, 0.15) is 15.9 Å². The summed E-state index contributed by atoms with van der Waals surface area (Å²) in [4.78, 5) is 22.9. The zero-order valence-corrected chi connectivity index (χ0v) is 14.1. The largest absolute Gasteiger partial charge is 0.480 e. The van der Waals surface area contributed by atoms with Gasteiger partial charge in [-0.05, 0) is 30.2 Å². The van der Waals surface area contributed by atoms with Gasteiger partial charge in [-0.3, -0.25) is 4.79 Å². The van der Waals surface area contributed by atoms with Crippen molar-refractivity contribution in [2.45, 2.75) is 19.4 Å². The minimum atomic E-state index is -3.29. The minimum absolute atomic E-state index is 0.0657. The fourth-order valence-electron chi connectivity index (χ4n) is 1.66. The third-order valence-electron chi connectivity index (χ3n) is 3.07. The van der Waals surface area contributed by atoms with E-state index in [9.17, 15) is 18.0 Å². The maximum Gasteiger partial charge on any atom is 0.326 e. The Kier molecular flexibility index (Phi) is 7.25. The summed E-state index contributed by atoms with van der Waals surface area (Å²) >= 11 is 5.74. The summed E-state index contributed by atoms with van der Waals surface area (Å²) in [5.41, 5.74) is 0.727. The van der Waals surface area contributed by atoms with Crippen molar-refractivity contribution < 1.29 is 23.1 Å². The molecule has 0 spiro atoms. The van der Waals surface area contributed by atoms with Crippen LogP contribution in [0, 0.1) is 0 Å². The lowest BCUT2D eigenvalue weighted by molar-refractivity contribution is -0.141. The van der Waals surface area contributed by atoms with Crippen LogP contribution in [0.3, 0.4) is 0 Å². The second kappa shape index (κ2) is 8.69. The Labute approximate surface area is 140 Å². The molecule has 0 aliphatic rings. The number of carboxylic acid groups (broad SMARTS) is 1. The molecule has 0 saturated heterocycles. The first-order valence-corrected chi connectivity index (χ1v) is 9.11. The number of amides is 1. The molecular weight excluding hydrogens is 342 g/mol. The zero-order valence-electron chi connectivity index (χ0n) is 12.5. The molecule has 0 saturated carbocycles. The first-order chi connectivity index (χ1) is 10.7. The maximum absolute atomic E-state index is 11.8. The van der Waals surface area contributed by atoms with Gasteiger partial charge < -0.3 is 10.4 Å². The molecule has 1 amide bonds. The van der Waals surface area contributed by atoms with E-state index < -0.39 is 27.8 Å². The van der Waals surface area contributed by atoms with E-state index >= 15 is 0 Å². The fourth-order valence-corrected chi connectivity index (χ4v) is 2.67. The quantitative estimate of drug-likeness (QED) is 0.688. The van der Waals surface area contributed by atoms with Crippen molar-refractivity contribution in [2.75, 3.05) is 11.5 Å². The van der Waals surface area contributed by atoms with Crippen molar-refractivity contribution >= 4 is 39.4 Å². The van der Waals surface area contributed by atoms with Gasteiger partial charge in [-0.2, -0.15) is 0 Å². The van der Waals surface area contributed by atoms with Crippen molar-refractivity contribution in [3.63, 3.8) is 0 Å². The van der Waals surface area contributed by atoms with E-state index in [1.807, 2.05) is 0 Å². The average molecular weight is 360 g/mol. The number of nitrogens with one attached hydrogen (secondary N) is 1. The van der Waals surface area contributed by atoms with E-state index in [2.05, 4.69) is 5.32 Å². The number of rotatable bonds is 8. The fraction of sp³-hybridized carbons (Fsp3) is 0.333. The molecule has 126 valence electrons. The van der Waals surface area contributed by atoms with Crippen molar-refractivity contribution in [1.29, 1.82) is 0 Å². The zero-order chi connectivity index (χ0) is 17.5. The lowest BCUT2D eigenvalue weighted by Crippen LogP contribution is -2.41. The van der Waals surface area contributed by atoms with Crippen LogP contribution < -0.4 is 5.32 Å². The van der Waals surface area contributed by atoms with Crippen LogP contribution in [0.2, 0.25) is 5.02 Å². The summed E-state index contributed by atoms with van der Waals surface area (Å²) in [6, 6.07) is 5.48. The number of hydrogen-bond acceptors (Lipinski definition) is 4. The summed E-state index contributed by atoms with van der Waals surface area (Å²) in [5, 5.41) is 11.9. The molecule has 0 bridgehead atoms. The smallest absolute Gasteiger partial charge is 0.326 e. The Hall–Kier alpha value is -1.86. The molecule has 1 atom stereocenters. The minimum Gasteiger partial charge on any atom is -0.480 e. The highest BCUT2D eigenvalue weighted by Gasteiger charge is 2.21. The van der Waals surface area contributed by atoms with Gasteiger partial charge >= 0.3 is 5.97 Å². The first kappa shape index (κ1) is 19.2. The molecule has 1 aromatic carbocycles. The van der Waals surface area contributed by atoms with E-state index in [4.69, 9.17) is 16.7 Å². The number of halogens is 1. The van der Waals surface area contributed by atoms with Crippen LogP contribution >= 0.6 is 11.6 Å². The molecule has 23 heavy (non-hydrogen) atoms. The molecule has 0 aliphatic heterocycles. The van der Waals surface area contributed by atoms with E-state index in [0.29, 0.717) is 5.02 Å². The Morgan fingerprint density at radius 1 is 1.30 bits per heavy atom. The van der Waals surface area contributed by atoms with Crippen LogP contribution in [-0.4, -0.2) is 42.9 Å². The molecule has 0 aromatic heterocycles. The van der Waals surface area contributed by atoms with E-state index in [1.54, 1.807) is 24.3 Å². The standard InChI is InChI=1S/C15H18ClNO5S/c1-2-23(21,22)10-9-13(15(19)20)17-14(18)8-5-11-3-6-12(16)7-4-11/h3-8,13H,2,9-10H2,1H3,(H,17,18)(H,19,20)/b8-5+. The molecule has 0 fully saturated rings. The Morgan fingerprint density at radius 3 is 2.43 bits per heavy atom. The van der Waals surface area contributed by atoms with Crippen LogP contribution in [0.25, 0.3) is 6.08 Å². The highest BCUT2D eigenvalue weighted by Crippen LogP contribution is 2.10. The predicted molar refractivity (Wildman–Crippen MR) is 89.0 cm³/mol. The molecule has 0 heterocycles. The van der Waals surface area contributed by atoms with Crippen LogP contribution in [0.4, 0.5) is 0 Å². The summed E-state index contributed by atoms with van der Waals surface area (Å²) in [6.07, 6.45) is 2.52. The topological polar surface area (TPSA) is 101 Å². The Balaban J connectivity index is 2.63. The van der Waals surface area contributed by atoms with E-state index in [0.717, 1.165) is 5.56 Å². The number of carbonyl (C=O) groups is 2. The third kappa shape index (κ3) is 7.30. The lowest BCUT2D eigenvalue weighted by Gasteiger charge is -2.12. The number of aliphatic carboxylic acids is 1. The number of hydrogen-bond donors (Lipinski definition) is 2. The SMILES string of the molecule is CCS(=O)(=O)CCC(NC(=O)/C=C/c1ccc(Cl)cc1)C(=O)O. The van der Waals surface area contributed by atoms with Gasteiger partial charge in [0.15, 0.2) is 0 Å². The number of carbonyl (C=O) groups excluding carboxylic acids is 1. The molecule has 2 N–H and O–H groups in total. The van der Waals surface area contributed by atoms with Gasteiger partial charge in [0.2, 0.25) is 5.91 Å². The molecule has 1 rings (SSSR count). The molecule has 8 heteroatoms. The Bertz CT molecular complexity index is 682. The molecular formula is C15H18ClNO5S. The van der Waals surface area contributed by atoms with E-state index in [-0.39, 0.29) is 17.9 Å². The molecule has 1 aromatic rings. The van der Waals surface area contributed by atoms with Crippen molar-refractivity contribution in [3.8, 4) is 0 Å². The molecule has 0 aliphatic carbocycles.